The summed E-state index contributed by atoms with van der Waals surface area (Å²) in [5, 5.41) is 2.77. The molecule has 0 unspecified atom stereocenters. The van der Waals surface area contributed by atoms with E-state index in [0.29, 0.717) is 21.5 Å². The fraction of sp³-hybridized carbons (Fsp3) is 0.133. The van der Waals surface area contributed by atoms with E-state index >= 15 is 0 Å². The van der Waals surface area contributed by atoms with Gasteiger partial charge in [-0.2, -0.15) is 0 Å². The van der Waals surface area contributed by atoms with Crippen molar-refractivity contribution in [1.29, 1.82) is 0 Å². The molecule has 2 N–H and O–H groups in total. The van der Waals surface area contributed by atoms with E-state index in [4.69, 9.17) is 12.2 Å². The van der Waals surface area contributed by atoms with Gasteiger partial charge < -0.3 is 10.3 Å². The van der Waals surface area contributed by atoms with E-state index in [1.54, 1.807) is 36.5 Å². The summed E-state index contributed by atoms with van der Waals surface area (Å²) in [6.07, 6.45) is 1.67. The Balaban J connectivity index is 2.25. The molecule has 2 aromatic rings. The average Bonchev–Trinajstić information content (AvgIpc) is 2.38. The number of pyridine rings is 1. The number of rotatable bonds is 3. The summed E-state index contributed by atoms with van der Waals surface area (Å²) in [7, 11) is 0. The Hall–Kier alpha value is -2.27. The van der Waals surface area contributed by atoms with Gasteiger partial charge >= 0.3 is 0 Å². The zero-order valence-corrected chi connectivity index (χ0v) is 12.0. The Morgan fingerprint density at radius 2 is 1.95 bits per heavy atom. The second-order valence-electron chi connectivity index (χ2n) is 4.45. The first-order valence-corrected chi connectivity index (χ1v) is 6.50. The molecular weight excluding hydrogens is 272 g/mol. The molecule has 1 amide bonds. The molecule has 1 aromatic heterocycles. The number of aromatic nitrogens is 1. The first-order chi connectivity index (χ1) is 9.49. The summed E-state index contributed by atoms with van der Waals surface area (Å²) in [5.74, 6) is -0.271. The highest BCUT2D eigenvalue weighted by atomic mass is 32.1. The van der Waals surface area contributed by atoms with Crippen molar-refractivity contribution in [2.75, 3.05) is 5.32 Å². The highest BCUT2D eigenvalue weighted by Gasteiger charge is 2.09. The molecule has 0 aliphatic heterocycles. The van der Waals surface area contributed by atoms with Gasteiger partial charge in [0.15, 0.2) is 5.78 Å². The number of amides is 1. The van der Waals surface area contributed by atoms with Crippen LogP contribution in [0, 0.1) is 11.6 Å². The minimum atomic E-state index is -0.276. The van der Waals surface area contributed by atoms with Crippen LogP contribution >= 0.6 is 12.2 Å². The number of hydrogen-bond donors (Lipinski definition) is 2. The molecule has 1 aromatic carbocycles. The van der Waals surface area contributed by atoms with Crippen LogP contribution in [0.15, 0.2) is 36.5 Å². The summed E-state index contributed by atoms with van der Waals surface area (Å²) in [6, 6.07) is 8.56. The van der Waals surface area contributed by atoms with Crippen LogP contribution in [0.4, 0.5) is 5.69 Å². The van der Waals surface area contributed by atoms with Gasteiger partial charge in [-0.15, -0.1) is 0 Å². The largest absolute Gasteiger partial charge is 0.352 e. The standard InChI is InChI=1S/C15H14N2O2S/c1-9-8-11(5-6-12(9)10(2)18)17-14(19)13-4-3-7-16-15(13)20/h3-8H,1-2H3,(H,16,20)(H,17,19). The van der Waals surface area contributed by atoms with Crippen LogP contribution in [0.1, 0.15) is 33.2 Å². The lowest BCUT2D eigenvalue weighted by Gasteiger charge is -2.08. The Bertz CT molecular complexity index is 735. The molecule has 0 bridgehead atoms. The van der Waals surface area contributed by atoms with Crippen LogP contribution in [0.3, 0.4) is 0 Å². The summed E-state index contributed by atoms with van der Waals surface area (Å²) in [4.78, 5) is 26.3. The molecule has 0 aliphatic rings. The molecule has 1 heterocycles. The quantitative estimate of drug-likeness (QED) is 0.670. The van der Waals surface area contributed by atoms with Gasteiger partial charge in [-0.25, -0.2) is 0 Å². The Morgan fingerprint density at radius 3 is 2.55 bits per heavy atom. The molecule has 5 heteroatoms. The zero-order valence-electron chi connectivity index (χ0n) is 11.2. The number of anilines is 1. The van der Waals surface area contributed by atoms with Crippen LogP contribution in [0.5, 0.6) is 0 Å². The molecule has 102 valence electrons. The zero-order chi connectivity index (χ0) is 14.7. The van der Waals surface area contributed by atoms with Gasteiger partial charge in [0.25, 0.3) is 5.91 Å². The normalized spacial score (nSPS) is 10.1. The lowest BCUT2D eigenvalue weighted by Crippen LogP contribution is -2.13. The molecule has 0 atom stereocenters. The van der Waals surface area contributed by atoms with Crippen molar-refractivity contribution in [2.24, 2.45) is 0 Å². The van der Waals surface area contributed by atoms with Crippen molar-refractivity contribution in [1.82, 2.24) is 4.98 Å². The maximum absolute atomic E-state index is 12.1. The van der Waals surface area contributed by atoms with E-state index in [1.807, 2.05) is 6.92 Å². The van der Waals surface area contributed by atoms with Crippen LogP contribution in [-0.4, -0.2) is 16.7 Å². The van der Waals surface area contributed by atoms with Crippen molar-refractivity contribution < 1.29 is 9.59 Å². The molecule has 0 saturated heterocycles. The van der Waals surface area contributed by atoms with Gasteiger partial charge in [0, 0.05) is 17.4 Å². The third kappa shape index (κ3) is 3.00. The molecule has 0 spiro atoms. The van der Waals surface area contributed by atoms with E-state index in [-0.39, 0.29) is 11.7 Å². The van der Waals surface area contributed by atoms with E-state index in [0.717, 1.165) is 5.56 Å². The van der Waals surface area contributed by atoms with Gasteiger partial charge in [-0.1, -0.05) is 12.2 Å². The molecule has 0 radical (unpaired) electrons. The van der Waals surface area contributed by atoms with Crippen LogP contribution < -0.4 is 5.32 Å². The first-order valence-electron chi connectivity index (χ1n) is 6.09. The summed E-state index contributed by atoms with van der Waals surface area (Å²) < 4.78 is 0.391. The molecule has 20 heavy (non-hydrogen) atoms. The molecular formula is C15H14N2O2S. The van der Waals surface area contributed by atoms with Gasteiger partial charge in [0.2, 0.25) is 0 Å². The summed E-state index contributed by atoms with van der Waals surface area (Å²) >= 11 is 5.06. The summed E-state index contributed by atoms with van der Waals surface area (Å²) in [6.45, 7) is 3.35. The van der Waals surface area contributed by atoms with E-state index in [2.05, 4.69) is 10.3 Å². The van der Waals surface area contributed by atoms with Crippen LogP contribution in [0.25, 0.3) is 0 Å². The minimum Gasteiger partial charge on any atom is -0.352 e. The first kappa shape index (κ1) is 14.1. The van der Waals surface area contributed by atoms with E-state index in [9.17, 15) is 9.59 Å². The second-order valence-corrected chi connectivity index (χ2v) is 4.86. The van der Waals surface area contributed by atoms with Crippen molar-refractivity contribution in [2.45, 2.75) is 13.8 Å². The number of benzene rings is 1. The fourth-order valence-electron chi connectivity index (χ4n) is 1.94. The number of ketones is 1. The molecule has 0 fully saturated rings. The van der Waals surface area contributed by atoms with E-state index in [1.165, 1.54) is 6.92 Å². The number of carbonyl (C=O) groups excluding carboxylic acids is 2. The number of aryl methyl sites for hydroxylation is 1. The SMILES string of the molecule is CC(=O)c1ccc(NC(=O)c2ccc[nH]c2=S)cc1C. The molecule has 0 aliphatic carbocycles. The highest BCUT2D eigenvalue weighted by molar-refractivity contribution is 7.71. The third-order valence-electron chi connectivity index (χ3n) is 2.93. The molecule has 0 saturated carbocycles. The maximum Gasteiger partial charge on any atom is 0.258 e. The fourth-order valence-corrected chi connectivity index (χ4v) is 2.16. The van der Waals surface area contributed by atoms with Gasteiger partial charge in [0.05, 0.1) is 5.56 Å². The van der Waals surface area contributed by atoms with Gasteiger partial charge in [0.1, 0.15) is 4.64 Å². The Labute approximate surface area is 121 Å². The average molecular weight is 286 g/mol. The monoisotopic (exact) mass is 286 g/mol. The number of Topliss-reactive ketones (excluding diaryl/α,β-unsaturated/α-hetero) is 1. The lowest BCUT2D eigenvalue weighted by atomic mass is 10.0. The molecule has 2 rings (SSSR count). The number of carbonyl (C=O) groups is 2. The highest BCUT2D eigenvalue weighted by Crippen LogP contribution is 2.16. The maximum atomic E-state index is 12.1. The second kappa shape index (κ2) is 5.79. The Morgan fingerprint density at radius 1 is 1.20 bits per heavy atom. The number of aromatic amines is 1. The van der Waals surface area contributed by atoms with Crippen LogP contribution in [-0.2, 0) is 0 Å². The molecule has 4 nitrogen and oxygen atoms in total. The lowest BCUT2D eigenvalue weighted by molar-refractivity contribution is 0.101. The predicted molar refractivity (Wildman–Crippen MR) is 80.8 cm³/mol. The van der Waals surface area contributed by atoms with Crippen LogP contribution in [0.2, 0.25) is 0 Å². The number of hydrogen-bond acceptors (Lipinski definition) is 3. The van der Waals surface area contributed by atoms with Crippen molar-refractivity contribution in [3.8, 4) is 0 Å². The van der Waals surface area contributed by atoms with Gasteiger partial charge in [-0.3, -0.25) is 9.59 Å². The summed E-state index contributed by atoms with van der Waals surface area (Å²) in [5.41, 5.74) is 2.53. The Kier molecular flexibility index (Phi) is 4.10. The smallest absolute Gasteiger partial charge is 0.258 e. The number of H-pyrrole nitrogens is 1. The number of nitrogens with one attached hydrogen (secondary N) is 2. The van der Waals surface area contributed by atoms with E-state index < -0.39 is 0 Å². The third-order valence-corrected chi connectivity index (χ3v) is 3.26. The van der Waals surface area contributed by atoms with Crippen molar-refractivity contribution in [3.63, 3.8) is 0 Å². The van der Waals surface area contributed by atoms with Crippen molar-refractivity contribution in [3.05, 3.63) is 57.9 Å². The minimum absolute atomic E-state index is 0.00544. The topological polar surface area (TPSA) is 62.0 Å². The predicted octanol–water partition coefficient (Wildman–Crippen LogP) is 3.51. The van der Waals surface area contributed by atoms with Crippen molar-refractivity contribution >= 4 is 29.6 Å². The van der Waals surface area contributed by atoms with Gasteiger partial charge in [-0.05, 0) is 49.7 Å².